The van der Waals surface area contributed by atoms with E-state index >= 15 is 0 Å². The fourth-order valence-electron chi connectivity index (χ4n) is 0.506. The summed E-state index contributed by atoms with van der Waals surface area (Å²) in [5.74, 6) is 0. The summed E-state index contributed by atoms with van der Waals surface area (Å²) in [7, 11) is 0. The Balaban J connectivity index is 1.83. The van der Waals surface area contributed by atoms with Gasteiger partial charge in [-0.2, -0.15) is 0 Å². The molecular formula is C8H15O2. The van der Waals surface area contributed by atoms with Crippen LogP contribution in [-0.2, 0) is 9.47 Å². The Morgan fingerprint density at radius 1 is 1.60 bits per heavy atom. The first-order valence-corrected chi connectivity index (χ1v) is 3.95. The molecule has 0 aromatic heterocycles. The van der Waals surface area contributed by atoms with E-state index in [4.69, 9.17) is 9.47 Å². The number of hydrogen-bond acceptors (Lipinski definition) is 2. The third kappa shape index (κ3) is 3.18. The van der Waals surface area contributed by atoms with E-state index in [2.05, 4.69) is 6.92 Å². The second-order valence-corrected chi connectivity index (χ2v) is 2.79. The first-order valence-electron chi connectivity index (χ1n) is 3.95. The fourth-order valence-corrected chi connectivity index (χ4v) is 0.506. The summed E-state index contributed by atoms with van der Waals surface area (Å²) in [6.45, 7) is 5.62. The van der Waals surface area contributed by atoms with Crippen LogP contribution in [0.1, 0.15) is 33.1 Å². The predicted molar refractivity (Wildman–Crippen MR) is 39.2 cm³/mol. The normalized spacial score (nSPS) is 21.0. The second-order valence-electron chi connectivity index (χ2n) is 2.79. The first kappa shape index (κ1) is 8.02. The summed E-state index contributed by atoms with van der Waals surface area (Å²) in [6, 6.07) is 0. The summed E-state index contributed by atoms with van der Waals surface area (Å²) in [6.07, 6.45) is 4.17. The quantitative estimate of drug-likeness (QED) is 0.586. The molecule has 1 radical (unpaired) electrons. The van der Waals surface area contributed by atoms with E-state index in [0.29, 0.717) is 12.2 Å². The zero-order valence-corrected chi connectivity index (χ0v) is 6.67. The number of rotatable bonds is 5. The molecule has 10 heavy (non-hydrogen) atoms. The highest BCUT2D eigenvalue weighted by Crippen LogP contribution is 2.24. The maximum atomic E-state index is 5.19. The van der Waals surface area contributed by atoms with Gasteiger partial charge in [0.2, 0.25) is 6.79 Å². The molecule has 1 atom stereocenters. The monoisotopic (exact) mass is 143 g/mol. The highest BCUT2D eigenvalue weighted by atomic mass is 16.7. The fraction of sp³-hybridized carbons (Fsp3) is 0.875. The van der Waals surface area contributed by atoms with Crippen molar-refractivity contribution in [3.05, 3.63) is 6.79 Å². The van der Waals surface area contributed by atoms with E-state index < -0.39 is 0 Å². The van der Waals surface area contributed by atoms with Crippen molar-refractivity contribution < 1.29 is 9.47 Å². The van der Waals surface area contributed by atoms with Gasteiger partial charge in [0.1, 0.15) is 0 Å². The van der Waals surface area contributed by atoms with Crippen LogP contribution < -0.4 is 0 Å². The highest BCUT2D eigenvalue weighted by Gasteiger charge is 2.22. The average molecular weight is 143 g/mol. The lowest BCUT2D eigenvalue weighted by Crippen LogP contribution is -2.06. The van der Waals surface area contributed by atoms with Gasteiger partial charge in [0, 0.05) is 0 Å². The summed E-state index contributed by atoms with van der Waals surface area (Å²) < 4.78 is 10.4. The highest BCUT2D eigenvalue weighted by molar-refractivity contribution is 4.73. The molecule has 1 rings (SSSR count). The van der Waals surface area contributed by atoms with E-state index in [1.54, 1.807) is 0 Å². The van der Waals surface area contributed by atoms with Gasteiger partial charge in [-0.25, -0.2) is 0 Å². The molecule has 1 fully saturated rings. The van der Waals surface area contributed by atoms with Crippen molar-refractivity contribution in [2.45, 2.75) is 45.3 Å². The van der Waals surface area contributed by atoms with E-state index in [0.717, 1.165) is 6.42 Å². The number of hydrogen-bond donors (Lipinski definition) is 0. The summed E-state index contributed by atoms with van der Waals surface area (Å²) in [4.78, 5) is 0. The summed E-state index contributed by atoms with van der Waals surface area (Å²) in [5.41, 5.74) is 0. The molecule has 59 valence electrons. The van der Waals surface area contributed by atoms with E-state index in [9.17, 15) is 0 Å². The Morgan fingerprint density at radius 3 is 2.80 bits per heavy atom. The van der Waals surface area contributed by atoms with Crippen LogP contribution in [0.2, 0.25) is 0 Å². The van der Waals surface area contributed by atoms with Crippen molar-refractivity contribution in [1.82, 2.24) is 0 Å². The molecule has 0 spiro atoms. The molecule has 1 saturated carbocycles. The van der Waals surface area contributed by atoms with Gasteiger partial charge in [0.15, 0.2) is 0 Å². The van der Waals surface area contributed by atoms with Gasteiger partial charge < -0.3 is 9.47 Å². The van der Waals surface area contributed by atoms with Crippen molar-refractivity contribution in [3.8, 4) is 0 Å². The van der Waals surface area contributed by atoms with Crippen LogP contribution in [0.15, 0.2) is 0 Å². The van der Waals surface area contributed by atoms with Crippen LogP contribution in [-0.4, -0.2) is 12.2 Å². The molecule has 0 aromatic rings. The minimum absolute atomic E-state index is 0.291. The third-order valence-corrected chi connectivity index (χ3v) is 1.64. The van der Waals surface area contributed by atoms with Gasteiger partial charge >= 0.3 is 0 Å². The molecule has 0 aromatic carbocycles. The largest absolute Gasteiger partial charge is 0.345 e. The lowest BCUT2D eigenvalue weighted by atomic mass is 10.3. The first-order chi connectivity index (χ1) is 4.83. The molecule has 0 bridgehead atoms. The van der Waals surface area contributed by atoms with Crippen LogP contribution in [0.25, 0.3) is 0 Å². The van der Waals surface area contributed by atoms with Gasteiger partial charge in [0.05, 0.1) is 12.2 Å². The Morgan fingerprint density at radius 2 is 2.30 bits per heavy atom. The van der Waals surface area contributed by atoms with Crippen LogP contribution in [0.3, 0.4) is 0 Å². The van der Waals surface area contributed by atoms with Gasteiger partial charge in [-0.1, -0.05) is 6.92 Å². The lowest BCUT2D eigenvalue weighted by Gasteiger charge is -2.08. The Bertz CT molecular complexity index is 89.3. The molecule has 0 heterocycles. The molecule has 0 amide bonds. The van der Waals surface area contributed by atoms with Crippen molar-refractivity contribution in [1.29, 1.82) is 0 Å². The van der Waals surface area contributed by atoms with Crippen molar-refractivity contribution in [2.24, 2.45) is 0 Å². The maximum absolute atomic E-state index is 5.19. The molecule has 2 nitrogen and oxygen atoms in total. The van der Waals surface area contributed by atoms with Gasteiger partial charge in [-0.05, 0) is 26.2 Å². The minimum atomic E-state index is 0.291. The second kappa shape index (κ2) is 3.94. The molecule has 0 saturated heterocycles. The van der Waals surface area contributed by atoms with Crippen LogP contribution in [0.4, 0.5) is 0 Å². The van der Waals surface area contributed by atoms with Crippen LogP contribution in [0.5, 0.6) is 0 Å². The Hall–Kier alpha value is -0.0800. The van der Waals surface area contributed by atoms with Crippen LogP contribution >= 0.6 is 0 Å². The van der Waals surface area contributed by atoms with E-state index in [1.165, 1.54) is 19.6 Å². The molecule has 1 unspecified atom stereocenters. The van der Waals surface area contributed by atoms with Crippen molar-refractivity contribution >= 4 is 0 Å². The molecular weight excluding hydrogens is 128 g/mol. The zero-order chi connectivity index (χ0) is 7.40. The standard InChI is InChI=1S/C8H15O2/c1-3-7(2)9-6-10-8-4-5-8/h6-8H,3-5H2,1-2H3. The van der Waals surface area contributed by atoms with Gasteiger partial charge in [-0.15, -0.1) is 0 Å². The van der Waals surface area contributed by atoms with Crippen LogP contribution in [0, 0.1) is 6.79 Å². The maximum Gasteiger partial charge on any atom is 0.209 e. The number of ether oxygens (including phenoxy) is 2. The molecule has 2 heteroatoms. The molecule has 0 N–H and O–H groups in total. The summed E-state index contributed by atoms with van der Waals surface area (Å²) >= 11 is 0. The van der Waals surface area contributed by atoms with Gasteiger partial charge in [0.25, 0.3) is 0 Å². The smallest absolute Gasteiger partial charge is 0.209 e. The molecule has 1 aliphatic carbocycles. The Labute approximate surface area is 62.5 Å². The minimum Gasteiger partial charge on any atom is -0.345 e. The summed E-state index contributed by atoms with van der Waals surface area (Å²) in [5, 5.41) is 0. The lowest BCUT2D eigenvalue weighted by molar-refractivity contribution is -0.0219. The predicted octanol–water partition coefficient (Wildman–Crippen LogP) is 2.10. The van der Waals surface area contributed by atoms with E-state index in [-0.39, 0.29) is 0 Å². The van der Waals surface area contributed by atoms with Gasteiger partial charge in [-0.3, -0.25) is 0 Å². The molecule has 1 aliphatic rings. The Kier molecular flexibility index (Phi) is 3.16. The zero-order valence-electron chi connectivity index (χ0n) is 6.67. The topological polar surface area (TPSA) is 18.5 Å². The average Bonchev–Trinajstić information content (AvgIpc) is 2.71. The van der Waals surface area contributed by atoms with Crippen molar-refractivity contribution in [2.75, 3.05) is 0 Å². The van der Waals surface area contributed by atoms with E-state index in [1.807, 2.05) is 6.92 Å². The molecule has 0 aliphatic heterocycles. The SMILES string of the molecule is CCC(C)O[CH]OC1CC1. The van der Waals surface area contributed by atoms with Crippen molar-refractivity contribution in [3.63, 3.8) is 0 Å². The third-order valence-electron chi connectivity index (χ3n) is 1.64.